The van der Waals surface area contributed by atoms with Crippen LogP contribution in [-0.4, -0.2) is 22.5 Å². The first-order valence-corrected chi connectivity index (χ1v) is 5.99. The number of nitrogens with zero attached hydrogens (tertiary/aromatic N) is 2. The lowest BCUT2D eigenvalue weighted by molar-refractivity contribution is 0.483. The van der Waals surface area contributed by atoms with Gasteiger partial charge in [-0.15, -0.1) is 0 Å². The molecule has 0 aliphatic carbocycles. The smallest absolute Gasteiger partial charge is 0.294 e. The van der Waals surface area contributed by atoms with E-state index in [0.717, 1.165) is 5.56 Å². The minimum Gasteiger partial charge on any atom is -0.306 e. The number of aryl methyl sites for hydroxylation is 1. The van der Waals surface area contributed by atoms with Crippen LogP contribution in [0.4, 0.5) is 0 Å². The van der Waals surface area contributed by atoms with Gasteiger partial charge in [-0.1, -0.05) is 6.07 Å². The molecule has 0 spiro atoms. The van der Waals surface area contributed by atoms with Crippen molar-refractivity contribution in [3.8, 4) is 5.69 Å². The highest BCUT2D eigenvalue weighted by Gasteiger charge is 2.11. The SMILES string of the molecule is Cc1ccc(S(=O)(=O)O)cc1-n1ccnc1. The second-order valence-electron chi connectivity index (χ2n) is 3.39. The molecule has 0 amide bonds. The van der Waals surface area contributed by atoms with Gasteiger partial charge in [0.1, 0.15) is 0 Å². The van der Waals surface area contributed by atoms with Crippen LogP contribution >= 0.6 is 0 Å². The standard InChI is InChI=1S/C10H10N2O3S/c1-8-2-3-9(16(13,14)15)6-10(8)12-5-4-11-7-12/h2-7H,1H3,(H,13,14,15). The summed E-state index contributed by atoms with van der Waals surface area (Å²) >= 11 is 0. The Morgan fingerprint density at radius 2 is 2.12 bits per heavy atom. The fraction of sp³-hybridized carbons (Fsp3) is 0.100. The Morgan fingerprint density at radius 3 is 2.69 bits per heavy atom. The van der Waals surface area contributed by atoms with E-state index in [9.17, 15) is 8.42 Å². The summed E-state index contributed by atoms with van der Waals surface area (Å²) in [5, 5.41) is 0. The quantitative estimate of drug-likeness (QED) is 0.803. The first kappa shape index (κ1) is 10.8. The maximum Gasteiger partial charge on any atom is 0.294 e. The predicted molar refractivity (Wildman–Crippen MR) is 58.1 cm³/mol. The van der Waals surface area contributed by atoms with E-state index in [2.05, 4.69) is 4.98 Å². The molecule has 1 aromatic heterocycles. The second kappa shape index (κ2) is 3.73. The summed E-state index contributed by atoms with van der Waals surface area (Å²) in [7, 11) is -4.17. The monoisotopic (exact) mass is 238 g/mol. The summed E-state index contributed by atoms with van der Waals surface area (Å²) < 4.78 is 32.6. The predicted octanol–water partition coefficient (Wildman–Crippen LogP) is 1.43. The van der Waals surface area contributed by atoms with E-state index in [1.807, 2.05) is 6.92 Å². The molecule has 6 heteroatoms. The Bertz CT molecular complexity index is 603. The molecule has 1 heterocycles. The fourth-order valence-electron chi connectivity index (χ4n) is 1.43. The molecule has 0 aliphatic heterocycles. The molecule has 5 nitrogen and oxygen atoms in total. The van der Waals surface area contributed by atoms with Gasteiger partial charge in [-0.05, 0) is 24.6 Å². The third-order valence-electron chi connectivity index (χ3n) is 2.26. The van der Waals surface area contributed by atoms with Gasteiger partial charge in [0.2, 0.25) is 0 Å². The Balaban J connectivity index is 2.63. The van der Waals surface area contributed by atoms with Crippen LogP contribution in [0.15, 0.2) is 41.8 Å². The van der Waals surface area contributed by atoms with E-state index in [0.29, 0.717) is 5.69 Å². The highest BCUT2D eigenvalue weighted by Crippen LogP contribution is 2.18. The number of hydrogen-bond donors (Lipinski definition) is 1. The summed E-state index contributed by atoms with van der Waals surface area (Å²) in [4.78, 5) is 3.76. The Kier molecular flexibility index (Phi) is 2.53. The number of aromatic nitrogens is 2. The highest BCUT2D eigenvalue weighted by molar-refractivity contribution is 7.85. The van der Waals surface area contributed by atoms with Crippen LogP contribution in [0.1, 0.15) is 5.56 Å². The van der Waals surface area contributed by atoms with Crippen molar-refractivity contribution in [3.05, 3.63) is 42.5 Å². The van der Waals surface area contributed by atoms with E-state index in [-0.39, 0.29) is 4.90 Å². The summed E-state index contributed by atoms with van der Waals surface area (Å²) in [5.41, 5.74) is 1.57. The van der Waals surface area contributed by atoms with Gasteiger partial charge in [0.15, 0.2) is 0 Å². The van der Waals surface area contributed by atoms with Gasteiger partial charge in [0, 0.05) is 12.4 Å². The van der Waals surface area contributed by atoms with Crippen molar-refractivity contribution in [2.24, 2.45) is 0 Å². The van der Waals surface area contributed by atoms with E-state index in [1.54, 1.807) is 29.4 Å². The molecular weight excluding hydrogens is 228 g/mol. The van der Waals surface area contributed by atoms with Crippen LogP contribution in [0.5, 0.6) is 0 Å². The van der Waals surface area contributed by atoms with Gasteiger partial charge in [-0.25, -0.2) is 4.98 Å². The molecule has 0 saturated heterocycles. The normalized spacial score (nSPS) is 11.6. The van der Waals surface area contributed by atoms with Crippen LogP contribution < -0.4 is 0 Å². The molecule has 2 rings (SSSR count). The minimum absolute atomic E-state index is 0.123. The maximum absolute atomic E-state index is 11.0. The summed E-state index contributed by atoms with van der Waals surface area (Å²) in [6.45, 7) is 1.85. The van der Waals surface area contributed by atoms with E-state index < -0.39 is 10.1 Å². The van der Waals surface area contributed by atoms with Crippen LogP contribution in [0.25, 0.3) is 5.69 Å². The van der Waals surface area contributed by atoms with Crippen molar-refractivity contribution in [2.45, 2.75) is 11.8 Å². The first-order valence-electron chi connectivity index (χ1n) is 4.55. The topological polar surface area (TPSA) is 72.2 Å². The zero-order valence-electron chi connectivity index (χ0n) is 8.53. The molecule has 0 radical (unpaired) electrons. The van der Waals surface area contributed by atoms with Crippen LogP contribution in [0.2, 0.25) is 0 Å². The molecule has 0 unspecified atom stereocenters. The van der Waals surface area contributed by atoms with Crippen LogP contribution in [0.3, 0.4) is 0 Å². The number of imidazole rings is 1. The number of benzene rings is 1. The van der Waals surface area contributed by atoms with Crippen molar-refractivity contribution >= 4 is 10.1 Å². The van der Waals surface area contributed by atoms with Crippen molar-refractivity contribution in [1.29, 1.82) is 0 Å². The van der Waals surface area contributed by atoms with Crippen molar-refractivity contribution in [2.75, 3.05) is 0 Å². The van der Waals surface area contributed by atoms with E-state index in [1.165, 1.54) is 12.1 Å². The molecule has 0 saturated carbocycles. The first-order chi connectivity index (χ1) is 7.48. The van der Waals surface area contributed by atoms with Crippen LogP contribution in [-0.2, 0) is 10.1 Å². The lowest BCUT2D eigenvalue weighted by Gasteiger charge is -2.07. The largest absolute Gasteiger partial charge is 0.306 e. The summed E-state index contributed by atoms with van der Waals surface area (Å²) in [6.07, 6.45) is 4.87. The van der Waals surface area contributed by atoms with Crippen molar-refractivity contribution < 1.29 is 13.0 Å². The number of rotatable bonds is 2. The zero-order valence-corrected chi connectivity index (χ0v) is 9.35. The summed E-state index contributed by atoms with van der Waals surface area (Å²) in [6, 6.07) is 4.41. The van der Waals surface area contributed by atoms with Gasteiger partial charge in [-0.2, -0.15) is 8.42 Å². The third kappa shape index (κ3) is 1.98. The molecule has 0 fully saturated rings. The zero-order chi connectivity index (χ0) is 11.8. The Hall–Kier alpha value is -1.66. The average Bonchev–Trinajstić information content (AvgIpc) is 2.69. The molecule has 84 valence electrons. The van der Waals surface area contributed by atoms with E-state index in [4.69, 9.17) is 4.55 Å². The lowest BCUT2D eigenvalue weighted by Crippen LogP contribution is -2.01. The Labute approximate surface area is 93.1 Å². The maximum atomic E-state index is 11.0. The van der Waals surface area contributed by atoms with Crippen molar-refractivity contribution in [1.82, 2.24) is 9.55 Å². The molecule has 1 N–H and O–H groups in total. The highest BCUT2D eigenvalue weighted by atomic mass is 32.2. The van der Waals surface area contributed by atoms with Gasteiger partial charge in [-0.3, -0.25) is 4.55 Å². The van der Waals surface area contributed by atoms with Gasteiger partial charge < -0.3 is 4.57 Å². The van der Waals surface area contributed by atoms with Crippen molar-refractivity contribution in [3.63, 3.8) is 0 Å². The molecular formula is C10H10N2O3S. The second-order valence-corrected chi connectivity index (χ2v) is 4.81. The third-order valence-corrected chi connectivity index (χ3v) is 3.11. The molecule has 0 atom stereocenters. The van der Waals surface area contributed by atoms with Crippen LogP contribution in [0, 0.1) is 6.92 Å². The van der Waals surface area contributed by atoms with Gasteiger partial charge in [0.25, 0.3) is 10.1 Å². The van der Waals surface area contributed by atoms with Gasteiger partial charge >= 0.3 is 0 Å². The molecule has 2 aromatic rings. The molecule has 0 aliphatic rings. The summed E-state index contributed by atoms with van der Waals surface area (Å²) in [5.74, 6) is 0. The lowest BCUT2D eigenvalue weighted by atomic mass is 10.2. The Morgan fingerprint density at radius 1 is 1.38 bits per heavy atom. The van der Waals surface area contributed by atoms with E-state index >= 15 is 0 Å². The molecule has 0 bridgehead atoms. The number of hydrogen-bond acceptors (Lipinski definition) is 3. The average molecular weight is 238 g/mol. The fourth-order valence-corrected chi connectivity index (χ4v) is 1.93. The molecule has 16 heavy (non-hydrogen) atoms. The minimum atomic E-state index is -4.17. The molecule has 1 aromatic carbocycles. The van der Waals surface area contributed by atoms with Gasteiger partial charge in [0.05, 0.1) is 16.9 Å².